The number of nitrogens with one attached hydrogen (secondary N) is 2. The van der Waals surface area contributed by atoms with Gasteiger partial charge < -0.3 is 10.4 Å². The number of aromatic nitrogens is 3. The average molecular weight is 184 g/mol. The van der Waals surface area contributed by atoms with Gasteiger partial charge in [-0.1, -0.05) is 0 Å². The molecule has 0 aliphatic rings. The van der Waals surface area contributed by atoms with Crippen LogP contribution in [0, 0.1) is 6.92 Å². The first-order chi connectivity index (χ1) is 6.13. The van der Waals surface area contributed by atoms with Gasteiger partial charge in [0.25, 0.3) is 5.91 Å². The molecule has 0 radical (unpaired) electrons. The van der Waals surface area contributed by atoms with E-state index in [4.69, 9.17) is 5.11 Å². The molecule has 0 aliphatic heterocycles. The number of nitrogens with zero attached hydrogens (tertiary/aromatic N) is 2. The maximum Gasteiger partial charge on any atom is 0.291 e. The van der Waals surface area contributed by atoms with E-state index < -0.39 is 0 Å². The lowest BCUT2D eigenvalue weighted by Gasteiger charge is -2.07. The Morgan fingerprint density at radius 1 is 1.77 bits per heavy atom. The third-order valence-corrected chi connectivity index (χ3v) is 1.45. The van der Waals surface area contributed by atoms with Crippen LogP contribution in [0.4, 0.5) is 0 Å². The van der Waals surface area contributed by atoms with Gasteiger partial charge in [0.1, 0.15) is 5.82 Å². The van der Waals surface area contributed by atoms with Crippen LogP contribution in [0.1, 0.15) is 23.4 Å². The lowest BCUT2D eigenvalue weighted by atomic mass is 10.3. The molecule has 1 rings (SSSR count). The SMILES string of the molecule is Cc1nc(C(=O)N[C@@H](C)CO)n[nH]1. The Morgan fingerprint density at radius 3 is 2.92 bits per heavy atom. The Labute approximate surface area is 75.4 Å². The smallest absolute Gasteiger partial charge is 0.291 e. The van der Waals surface area contributed by atoms with E-state index in [0.29, 0.717) is 5.82 Å². The van der Waals surface area contributed by atoms with Gasteiger partial charge in [-0.05, 0) is 13.8 Å². The zero-order chi connectivity index (χ0) is 9.84. The fourth-order valence-electron chi connectivity index (χ4n) is 0.778. The van der Waals surface area contributed by atoms with Crippen LogP contribution in [0.15, 0.2) is 0 Å². The molecule has 6 nitrogen and oxygen atoms in total. The molecule has 1 amide bonds. The van der Waals surface area contributed by atoms with Crippen LogP contribution in [0.5, 0.6) is 0 Å². The van der Waals surface area contributed by atoms with Crippen molar-refractivity contribution < 1.29 is 9.90 Å². The van der Waals surface area contributed by atoms with E-state index in [9.17, 15) is 4.79 Å². The molecule has 0 spiro atoms. The van der Waals surface area contributed by atoms with E-state index in [1.54, 1.807) is 13.8 Å². The van der Waals surface area contributed by atoms with E-state index in [-0.39, 0.29) is 24.4 Å². The summed E-state index contributed by atoms with van der Waals surface area (Å²) >= 11 is 0. The molecule has 0 aromatic carbocycles. The summed E-state index contributed by atoms with van der Waals surface area (Å²) in [7, 11) is 0. The molecule has 0 fully saturated rings. The fourth-order valence-corrected chi connectivity index (χ4v) is 0.778. The molecule has 0 aliphatic carbocycles. The molecule has 0 unspecified atom stereocenters. The Hall–Kier alpha value is -1.43. The molecular formula is C7H12N4O2. The van der Waals surface area contributed by atoms with Crippen LogP contribution in [-0.2, 0) is 0 Å². The Balaban J connectivity index is 2.58. The van der Waals surface area contributed by atoms with E-state index >= 15 is 0 Å². The van der Waals surface area contributed by atoms with Crippen molar-refractivity contribution in [2.45, 2.75) is 19.9 Å². The summed E-state index contributed by atoms with van der Waals surface area (Å²) in [5.74, 6) is 0.297. The van der Waals surface area contributed by atoms with Crippen LogP contribution in [-0.4, -0.2) is 38.8 Å². The van der Waals surface area contributed by atoms with Crippen molar-refractivity contribution in [1.82, 2.24) is 20.5 Å². The first kappa shape index (κ1) is 9.66. The highest BCUT2D eigenvalue weighted by molar-refractivity contribution is 5.90. The monoisotopic (exact) mass is 184 g/mol. The summed E-state index contributed by atoms with van der Waals surface area (Å²) in [6.45, 7) is 3.30. The minimum absolute atomic E-state index is 0.0952. The molecule has 1 atom stereocenters. The number of rotatable bonds is 3. The minimum atomic E-state index is -0.383. The summed E-state index contributed by atoms with van der Waals surface area (Å²) in [6, 6.07) is -0.286. The van der Waals surface area contributed by atoms with Gasteiger partial charge >= 0.3 is 0 Å². The predicted octanol–water partition coefficient (Wildman–Crippen LogP) is -0.776. The molecule has 72 valence electrons. The number of hydrogen-bond donors (Lipinski definition) is 3. The molecule has 13 heavy (non-hydrogen) atoms. The molecule has 1 heterocycles. The fraction of sp³-hybridized carbons (Fsp3) is 0.571. The van der Waals surface area contributed by atoms with Crippen molar-refractivity contribution in [3.05, 3.63) is 11.6 Å². The number of amides is 1. The van der Waals surface area contributed by atoms with Gasteiger partial charge in [-0.25, -0.2) is 4.98 Å². The first-order valence-electron chi connectivity index (χ1n) is 3.94. The van der Waals surface area contributed by atoms with Crippen molar-refractivity contribution in [2.24, 2.45) is 0 Å². The Kier molecular flexibility index (Phi) is 2.97. The lowest BCUT2D eigenvalue weighted by Crippen LogP contribution is -2.35. The quantitative estimate of drug-likeness (QED) is 0.575. The van der Waals surface area contributed by atoms with Crippen LogP contribution in [0.2, 0.25) is 0 Å². The van der Waals surface area contributed by atoms with Gasteiger partial charge in [-0.3, -0.25) is 9.89 Å². The van der Waals surface area contributed by atoms with E-state index in [1.165, 1.54) is 0 Å². The van der Waals surface area contributed by atoms with Crippen molar-refractivity contribution in [2.75, 3.05) is 6.61 Å². The molecule has 0 bridgehead atoms. The van der Waals surface area contributed by atoms with E-state index in [2.05, 4.69) is 20.5 Å². The lowest BCUT2D eigenvalue weighted by molar-refractivity contribution is 0.0912. The van der Waals surface area contributed by atoms with Gasteiger partial charge in [0.15, 0.2) is 0 Å². The van der Waals surface area contributed by atoms with E-state index in [1.807, 2.05) is 0 Å². The minimum Gasteiger partial charge on any atom is -0.394 e. The number of aliphatic hydroxyl groups is 1. The number of H-pyrrole nitrogens is 1. The van der Waals surface area contributed by atoms with Crippen LogP contribution in [0.3, 0.4) is 0 Å². The van der Waals surface area contributed by atoms with Crippen LogP contribution < -0.4 is 5.32 Å². The molecule has 1 aromatic heterocycles. The number of aliphatic hydroxyl groups excluding tert-OH is 1. The Bertz CT molecular complexity index is 296. The predicted molar refractivity (Wildman–Crippen MR) is 45.1 cm³/mol. The van der Waals surface area contributed by atoms with Gasteiger partial charge in [-0.2, -0.15) is 0 Å². The van der Waals surface area contributed by atoms with Crippen molar-refractivity contribution in [3.63, 3.8) is 0 Å². The second-order valence-corrected chi connectivity index (χ2v) is 2.80. The third kappa shape index (κ3) is 2.51. The average Bonchev–Trinajstić information content (AvgIpc) is 2.51. The number of aromatic amines is 1. The summed E-state index contributed by atoms with van der Waals surface area (Å²) in [5.41, 5.74) is 0. The molecular weight excluding hydrogens is 172 g/mol. The maximum absolute atomic E-state index is 11.3. The number of carbonyl (C=O) groups excluding carboxylic acids is 1. The highest BCUT2D eigenvalue weighted by atomic mass is 16.3. The molecule has 0 saturated carbocycles. The van der Waals surface area contributed by atoms with Crippen molar-refractivity contribution in [1.29, 1.82) is 0 Å². The summed E-state index contributed by atoms with van der Waals surface area (Å²) in [5, 5.41) is 17.4. The highest BCUT2D eigenvalue weighted by Gasteiger charge is 2.12. The second-order valence-electron chi connectivity index (χ2n) is 2.80. The standard InChI is InChI=1S/C7H12N4O2/c1-4(3-12)8-7(13)6-9-5(2)10-11-6/h4,12H,3H2,1-2H3,(H,8,13)(H,9,10,11)/t4-/m0/s1. The zero-order valence-electron chi connectivity index (χ0n) is 7.53. The molecule has 1 aromatic rings. The summed E-state index contributed by atoms with van der Waals surface area (Å²) < 4.78 is 0. The van der Waals surface area contributed by atoms with E-state index in [0.717, 1.165) is 0 Å². The van der Waals surface area contributed by atoms with Crippen LogP contribution >= 0.6 is 0 Å². The molecule has 3 N–H and O–H groups in total. The van der Waals surface area contributed by atoms with Gasteiger partial charge in [-0.15, -0.1) is 5.10 Å². The van der Waals surface area contributed by atoms with Gasteiger partial charge in [0.05, 0.1) is 6.61 Å². The normalized spacial score (nSPS) is 12.5. The summed E-state index contributed by atoms with van der Waals surface area (Å²) in [6.07, 6.45) is 0. The topological polar surface area (TPSA) is 90.9 Å². The third-order valence-electron chi connectivity index (χ3n) is 1.45. The van der Waals surface area contributed by atoms with Crippen LogP contribution in [0.25, 0.3) is 0 Å². The largest absolute Gasteiger partial charge is 0.394 e. The molecule has 6 heteroatoms. The zero-order valence-corrected chi connectivity index (χ0v) is 7.53. The summed E-state index contributed by atoms with van der Waals surface area (Å²) in [4.78, 5) is 15.1. The number of carbonyl (C=O) groups is 1. The van der Waals surface area contributed by atoms with Gasteiger partial charge in [0.2, 0.25) is 5.82 Å². The second kappa shape index (κ2) is 3.99. The Morgan fingerprint density at radius 2 is 2.46 bits per heavy atom. The first-order valence-corrected chi connectivity index (χ1v) is 3.94. The number of aryl methyl sites for hydroxylation is 1. The number of hydrogen-bond acceptors (Lipinski definition) is 4. The van der Waals surface area contributed by atoms with Crippen molar-refractivity contribution >= 4 is 5.91 Å². The maximum atomic E-state index is 11.3. The van der Waals surface area contributed by atoms with Crippen molar-refractivity contribution in [3.8, 4) is 0 Å². The molecule has 0 saturated heterocycles. The highest BCUT2D eigenvalue weighted by Crippen LogP contribution is 1.91. The van der Waals surface area contributed by atoms with Gasteiger partial charge in [0, 0.05) is 6.04 Å².